The van der Waals surface area contributed by atoms with E-state index in [1.54, 1.807) is 0 Å². The first-order valence-electron chi connectivity index (χ1n) is 11.3. The maximum absolute atomic E-state index is 12.2. The number of benzene rings is 2. The molecule has 1 atom stereocenters. The molecule has 5 rings (SSSR count). The van der Waals surface area contributed by atoms with Crippen molar-refractivity contribution in [1.29, 1.82) is 0 Å². The van der Waals surface area contributed by atoms with Crippen LogP contribution in [0.5, 0.6) is 0 Å². The highest BCUT2D eigenvalue weighted by atomic mass is 16.5. The van der Waals surface area contributed by atoms with E-state index < -0.39 is 12.2 Å². The molecule has 1 fully saturated rings. The van der Waals surface area contributed by atoms with E-state index in [0.717, 1.165) is 49.8 Å². The van der Waals surface area contributed by atoms with Gasteiger partial charge in [0.15, 0.2) is 0 Å². The molecule has 2 aliphatic heterocycles. The number of fused-ring (bicyclic) bond motifs is 2. The molecule has 2 aliphatic rings. The number of aliphatic hydroxyl groups excluding tert-OH is 1. The number of anilines is 2. The maximum Gasteiger partial charge on any atom is 0.356 e. The second kappa shape index (κ2) is 8.84. The number of para-hydroxylation sites is 2. The molecule has 32 heavy (non-hydrogen) atoms. The standard InChI is InChI=1S/C25H30N4O3/c1-32-25(31)24-23(19-7-3-4-8-20(19)26-24)27-22(30)16-28-13-11-18(12-14-28)29-15-10-17-6-2-5-9-21(17)29/h2-9,18,22,26-27,30H,10-16H2,1H3. The zero-order valence-electron chi connectivity index (χ0n) is 18.4. The fourth-order valence-corrected chi connectivity index (χ4v) is 5.16. The van der Waals surface area contributed by atoms with Gasteiger partial charge in [0.2, 0.25) is 0 Å². The van der Waals surface area contributed by atoms with Crippen molar-refractivity contribution in [3.05, 3.63) is 59.8 Å². The first-order chi connectivity index (χ1) is 15.6. The number of methoxy groups -OCH3 is 1. The number of H-pyrrole nitrogens is 1. The Hall–Kier alpha value is -3.03. The number of likely N-dealkylation sites (tertiary alicyclic amines) is 1. The molecule has 0 bridgehead atoms. The van der Waals surface area contributed by atoms with Crippen molar-refractivity contribution >= 4 is 28.2 Å². The van der Waals surface area contributed by atoms with Crippen molar-refractivity contribution in [2.75, 3.05) is 43.5 Å². The van der Waals surface area contributed by atoms with Gasteiger partial charge < -0.3 is 25.0 Å². The molecule has 0 saturated carbocycles. The van der Waals surface area contributed by atoms with Crippen LogP contribution < -0.4 is 10.2 Å². The molecule has 1 aromatic heterocycles. The minimum Gasteiger partial charge on any atom is -0.464 e. The van der Waals surface area contributed by atoms with Crippen LogP contribution in [-0.4, -0.2) is 66.5 Å². The Bertz CT molecular complexity index is 1100. The molecular formula is C25H30N4O3. The third-order valence-corrected chi connectivity index (χ3v) is 6.76. The average molecular weight is 435 g/mol. The number of carbonyl (C=O) groups is 1. The largest absolute Gasteiger partial charge is 0.464 e. The summed E-state index contributed by atoms with van der Waals surface area (Å²) in [4.78, 5) is 20.2. The second-order valence-electron chi connectivity index (χ2n) is 8.68. The number of nitrogens with zero attached hydrogens (tertiary/aromatic N) is 2. The molecule has 1 saturated heterocycles. The fourth-order valence-electron chi connectivity index (χ4n) is 5.16. The summed E-state index contributed by atoms with van der Waals surface area (Å²) in [7, 11) is 1.36. The van der Waals surface area contributed by atoms with Gasteiger partial charge in [-0.05, 0) is 37.0 Å². The van der Waals surface area contributed by atoms with Crippen molar-refractivity contribution in [3.63, 3.8) is 0 Å². The van der Waals surface area contributed by atoms with E-state index in [0.29, 0.717) is 24.0 Å². The van der Waals surface area contributed by atoms with Crippen LogP contribution in [-0.2, 0) is 11.2 Å². The van der Waals surface area contributed by atoms with Crippen LogP contribution in [0.3, 0.4) is 0 Å². The Labute approximate surface area is 188 Å². The van der Waals surface area contributed by atoms with Gasteiger partial charge in [0, 0.05) is 48.8 Å². The number of aromatic amines is 1. The number of hydrogen-bond acceptors (Lipinski definition) is 6. The number of carbonyl (C=O) groups excluding carboxylic acids is 1. The minimum absolute atomic E-state index is 0.333. The molecule has 0 radical (unpaired) electrons. The third-order valence-electron chi connectivity index (χ3n) is 6.76. The molecule has 7 heteroatoms. The highest BCUT2D eigenvalue weighted by molar-refractivity contribution is 6.06. The number of aliphatic hydroxyl groups is 1. The molecule has 7 nitrogen and oxygen atoms in total. The van der Waals surface area contributed by atoms with Gasteiger partial charge >= 0.3 is 5.97 Å². The topological polar surface area (TPSA) is 80.8 Å². The molecule has 1 unspecified atom stereocenters. The predicted molar refractivity (Wildman–Crippen MR) is 126 cm³/mol. The van der Waals surface area contributed by atoms with E-state index in [2.05, 4.69) is 44.4 Å². The third kappa shape index (κ3) is 3.94. The van der Waals surface area contributed by atoms with Gasteiger partial charge in [0.1, 0.15) is 11.9 Å². The minimum atomic E-state index is -0.790. The summed E-state index contributed by atoms with van der Waals surface area (Å²) in [5, 5.41) is 14.8. The van der Waals surface area contributed by atoms with Gasteiger partial charge in [-0.15, -0.1) is 0 Å². The van der Waals surface area contributed by atoms with Crippen molar-refractivity contribution < 1.29 is 14.6 Å². The normalized spacial score (nSPS) is 18.0. The van der Waals surface area contributed by atoms with Gasteiger partial charge in [-0.1, -0.05) is 36.4 Å². The molecule has 2 aromatic carbocycles. The highest BCUT2D eigenvalue weighted by Gasteiger charge is 2.30. The molecule has 3 aromatic rings. The zero-order chi connectivity index (χ0) is 22.1. The summed E-state index contributed by atoms with van der Waals surface area (Å²) < 4.78 is 4.92. The molecule has 0 amide bonds. The van der Waals surface area contributed by atoms with Crippen molar-refractivity contribution in [2.24, 2.45) is 0 Å². The molecular weight excluding hydrogens is 404 g/mol. The number of aromatic nitrogens is 1. The molecule has 0 aliphatic carbocycles. The van der Waals surface area contributed by atoms with E-state index in [4.69, 9.17) is 4.74 Å². The number of β-amino-alcohol motifs (C(OH)–C–C–N with tert-alkyl or cyclic N) is 1. The lowest BCUT2D eigenvalue weighted by atomic mass is 10.0. The Kier molecular flexibility index (Phi) is 5.76. The quantitative estimate of drug-likeness (QED) is 0.408. The second-order valence-corrected chi connectivity index (χ2v) is 8.68. The van der Waals surface area contributed by atoms with Crippen LogP contribution >= 0.6 is 0 Å². The van der Waals surface area contributed by atoms with Crippen LogP contribution in [0.2, 0.25) is 0 Å². The van der Waals surface area contributed by atoms with Crippen LogP contribution in [0.4, 0.5) is 11.4 Å². The lowest BCUT2D eigenvalue weighted by Gasteiger charge is -2.38. The van der Waals surface area contributed by atoms with Gasteiger partial charge in [0.05, 0.1) is 12.8 Å². The Morgan fingerprint density at radius 2 is 1.91 bits per heavy atom. The van der Waals surface area contributed by atoms with E-state index >= 15 is 0 Å². The van der Waals surface area contributed by atoms with Gasteiger partial charge in [-0.2, -0.15) is 0 Å². The SMILES string of the molecule is COC(=O)c1[nH]c2ccccc2c1NC(O)CN1CCC(N2CCc3ccccc32)CC1. The van der Waals surface area contributed by atoms with E-state index in [1.165, 1.54) is 18.4 Å². The Balaban J connectivity index is 1.21. The van der Waals surface area contributed by atoms with Crippen molar-refractivity contribution in [3.8, 4) is 0 Å². The number of ether oxygens (including phenoxy) is 1. The van der Waals surface area contributed by atoms with E-state index in [9.17, 15) is 9.90 Å². The summed E-state index contributed by atoms with van der Waals surface area (Å²) in [6.45, 7) is 3.49. The smallest absolute Gasteiger partial charge is 0.356 e. The van der Waals surface area contributed by atoms with Crippen LogP contribution in [0.15, 0.2) is 48.5 Å². The summed E-state index contributed by atoms with van der Waals surface area (Å²) in [6.07, 6.45) is 2.51. The van der Waals surface area contributed by atoms with Gasteiger partial charge in [-0.3, -0.25) is 4.90 Å². The summed E-state index contributed by atoms with van der Waals surface area (Å²) >= 11 is 0. The zero-order valence-corrected chi connectivity index (χ0v) is 18.4. The fraction of sp³-hybridized carbons (Fsp3) is 0.400. The van der Waals surface area contributed by atoms with Crippen LogP contribution in [0, 0.1) is 0 Å². The van der Waals surface area contributed by atoms with Crippen molar-refractivity contribution in [1.82, 2.24) is 9.88 Å². The average Bonchev–Trinajstić information content (AvgIpc) is 3.41. The summed E-state index contributed by atoms with van der Waals surface area (Å²) in [6, 6.07) is 16.9. The molecule has 3 heterocycles. The summed E-state index contributed by atoms with van der Waals surface area (Å²) in [5.74, 6) is -0.456. The van der Waals surface area contributed by atoms with Crippen LogP contribution in [0.25, 0.3) is 10.9 Å². The number of rotatable bonds is 6. The number of esters is 1. The Morgan fingerprint density at radius 3 is 2.72 bits per heavy atom. The number of hydrogen-bond donors (Lipinski definition) is 3. The predicted octanol–water partition coefficient (Wildman–Crippen LogP) is 3.21. The first-order valence-corrected chi connectivity index (χ1v) is 11.3. The van der Waals surface area contributed by atoms with Crippen molar-refractivity contribution in [2.45, 2.75) is 31.5 Å². The maximum atomic E-state index is 12.2. The van der Waals surface area contributed by atoms with Gasteiger partial charge in [-0.25, -0.2) is 4.79 Å². The lowest BCUT2D eigenvalue weighted by Crippen LogP contribution is -2.47. The number of piperidine rings is 1. The molecule has 3 N–H and O–H groups in total. The Morgan fingerprint density at radius 1 is 1.16 bits per heavy atom. The molecule has 0 spiro atoms. The van der Waals surface area contributed by atoms with Gasteiger partial charge in [0.25, 0.3) is 0 Å². The van der Waals surface area contributed by atoms with E-state index in [1.807, 2.05) is 24.3 Å². The molecule has 168 valence electrons. The highest BCUT2D eigenvalue weighted by Crippen LogP contribution is 2.33. The van der Waals surface area contributed by atoms with E-state index in [-0.39, 0.29) is 0 Å². The summed E-state index contributed by atoms with van der Waals surface area (Å²) in [5.41, 5.74) is 4.59. The lowest BCUT2D eigenvalue weighted by molar-refractivity contribution is 0.0595. The monoisotopic (exact) mass is 434 g/mol. The van der Waals surface area contributed by atoms with Crippen LogP contribution in [0.1, 0.15) is 28.9 Å². The first kappa shape index (κ1) is 20.8. The number of nitrogens with one attached hydrogen (secondary N) is 2.